The summed E-state index contributed by atoms with van der Waals surface area (Å²) in [4.78, 5) is 10.7. The third-order valence-corrected chi connectivity index (χ3v) is 3.90. The number of hydrogen-bond acceptors (Lipinski definition) is 4. The van der Waals surface area contributed by atoms with Gasteiger partial charge < -0.3 is 20.3 Å². The molecule has 0 saturated carbocycles. The van der Waals surface area contributed by atoms with Crippen LogP contribution in [0.15, 0.2) is 78.9 Å². The highest BCUT2D eigenvalue weighted by Gasteiger charge is 2.09. The SMILES string of the molecule is N[C@H](CC(=O)O)Cc1ccc(Oc2ccc(Oc3ccccc3)cc2)cc1. The van der Waals surface area contributed by atoms with E-state index in [0.717, 1.165) is 17.1 Å². The molecule has 5 heteroatoms. The van der Waals surface area contributed by atoms with Crippen LogP contribution in [-0.2, 0) is 11.2 Å². The van der Waals surface area contributed by atoms with E-state index >= 15 is 0 Å². The van der Waals surface area contributed by atoms with Gasteiger partial charge in [-0.1, -0.05) is 30.3 Å². The lowest BCUT2D eigenvalue weighted by atomic mass is 10.0. The van der Waals surface area contributed by atoms with Crippen molar-refractivity contribution in [2.75, 3.05) is 0 Å². The Morgan fingerprint density at radius 2 is 1.22 bits per heavy atom. The summed E-state index contributed by atoms with van der Waals surface area (Å²) >= 11 is 0. The van der Waals surface area contributed by atoms with E-state index in [1.807, 2.05) is 78.9 Å². The molecule has 3 N–H and O–H groups in total. The normalized spacial score (nSPS) is 11.6. The number of benzene rings is 3. The van der Waals surface area contributed by atoms with Gasteiger partial charge >= 0.3 is 5.97 Å². The van der Waals surface area contributed by atoms with Gasteiger partial charge in [-0.2, -0.15) is 0 Å². The average Bonchev–Trinajstić information content (AvgIpc) is 2.65. The van der Waals surface area contributed by atoms with Crippen molar-refractivity contribution in [2.24, 2.45) is 5.73 Å². The molecule has 3 aromatic rings. The summed E-state index contributed by atoms with van der Waals surface area (Å²) in [6, 6.07) is 24.0. The van der Waals surface area contributed by atoms with E-state index in [1.165, 1.54) is 0 Å². The Labute approximate surface area is 158 Å². The highest BCUT2D eigenvalue weighted by atomic mass is 16.5. The third-order valence-electron chi connectivity index (χ3n) is 3.90. The van der Waals surface area contributed by atoms with Crippen molar-refractivity contribution in [3.63, 3.8) is 0 Å². The van der Waals surface area contributed by atoms with Gasteiger partial charge in [-0.25, -0.2) is 0 Å². The molecule has 0 amide bonds. The molecular weight excluding hydrogens is 342 g/mol. The van der Waals surface area contributed by atoms with Crippen molar-refractivity contribution in [3.8, 4) is 23.0 Å². The number of hydrogen-bond donors (Lipinski definition) is 2. The molecule has 5 nitrogen and oxygen atoms in total. The van der Waals surface area contributed by atoms with Crippen LogP contribution in [0.5, 0.6) is 23.0 Å². The summed E-state index contributed by atoms with van der Waals surface area (Å²) in [5, 5.41) is 8.76. The van der Waals surface area contributed by atoms with Gasteiger partial charge in [0.25, 0.3) is 0 Å². The van der Waals surface area contributed by atoms with E-state index in [0.29, 0.717) is 17.9 Å². The quantitative estimate of drug-likeness (QED) is 0.610. The van der Waals surface area contributed by atoms with E-state index in [4.69, 9.17) is 20.3 Å². The Bertz CT molecular complexity index is 861. The molecule has 0 heterocycles. The van der Waals surface area contributed by atoms with Crippen LogP contribution in [0.25, 0.3) is 0 Å². The maximum atomic E-state index is 10.7. The van der Waals surface area contributed by atoms with Crippen molar-refractivity contribution >= 4 is 5.97 Å². The van der Waals surface area contributed by atoms with E-state index in [2.05, 4.69) is 0 Å². The fourth-order valence-corrected chi connectivity index (χ4v) is 2.63. The molecule has 27 heavy (non-hydrogen) atoms. The maximum absolute atomic E-state index is 10.7. The molecule has 0 spiro atoms. The molecule has 3 aromatic carbocycles. The van der Waals surface area contributed by atoms with Gasteiger partial charge in [0.1, 0.15) is 23.0 Å². The molecule has 0 aliphatic heterocycles. The Balaban J connectivity index is 1.56. The molecule has 0 radical (unpaired) electrons. The monoisotopic (exact) mass is 363 g/mol. The van der Waals surface area contributed by atoms with Crippen LogP contribution in [0, 0.1) is 0 Å². The predicted molar refractivity (Wildman–Crippen MR) is 103 cm³/mol. The first-order chi connectivity index (χ1) is 13.1. The second-order valence-electron chi connectivity index (χ2n) is 6.19. The molecule has 0 aliphatic rings. The lowest BCUT2D eigenvalue weighted by molar-refractivity contribution is -0.137. The van der Waals surface area contributed by atoms with Gasteiger partial charge in [0.15, 0.2) is 0 Å². The third kappa shape index (κ3) is 5.87. The second kappa shape index (κ2) is 8.87. The molecule has 0 bridgehead atoms. The average molecular weight is 363 g/mol. The van der Waals surface area contributed by atoms with Crippen LogP contribution in [-0.4, -0.2) is 17.1 Å². The zero-order chi connectivity index (χ0) is 19.1. The molecular formula is C22H21NO4. The molecule has 0 unspecified atom stereocenters. The summed E-state index contributed by atoms with van der Waals surface area (Å²) in [6.45, 7) is 0. The molecule has 0 fully saturated rings. The zero-order valence-electron chi connectivity index (χ0n) is 14.7. The lowest BCUT2D eigenvalue weighted by Gasteiger charge is -2.11. The molecule has 1 atom stereocenters. The van der Waals surface area contributed by atoms with Gasteiger partial charge in [0, 0.05) is 6.04 Å². The smallest absolute Gasteiger partial charge is 0.304 e. The molecule has 0 saturated heterocycles. The van der Waals surface area contributed by atoms with Crippen molar-refractivity contribution in [1.82, 2.24) is 0 Å². The Hall–Kier alpha value is -3.31. The van der Waals surface area contributed by atoms with Gasteiger partial charge in [-0.05, 0) is 60.5 Å². The molecule has 3 rings (SSSR count). The van der Waals surface area contributed by atoms with Crippen LogP contribution in [0.1, 0.15) is 12.0 Å². The van der Waals surface area contributed by atoms with Gasteiger partial charge in [0.05, 0.1) is 6.42 Å². The number of carboxylic acid groups (broad SMARTS) is 1. The molecule has 138 valence electrons. The number of para-hydroxylation sites is 1. The van der Waals surface area contributed by atoms with Crippen LogP contribution >= 0.6 is 0 Å². The summed E-state index contributed by atoms with van der Waals surface area (Å²) in [7, 11) is 0. The number of rotatable bonds is 8. The van der Waals surface area contributed by atoms with E-state index in [1.54, 1.807) is 0 Å². The van der Waals surface area contributed by atoms with E-state index in [-0.39, 0.29) is 6.42 Å². The van der Waals surface area contributed by atoms with Gasteiger partial charge in [-0.15, -0.1) is 0 Å². The van der Waals surface area contributed by atoms with Crippen molar-refractivity contribution < 1.29 is 19.4 Å². The topological polar surface area (TPSA) is 81.8 Å². The summed E-state index contributed by atoms with van der Waals surface area (Å²) < 4.78 is 11.6. The minimum Gasteiger partial charge on any atom is -0.481 e. The minimum absolute atomic E-state index is 0.0460. The van der Waals surface area contributed by atoms with Crippen LogP contribution in [0.4, 0.5) is 0 Å². The summed E-state index contributed by atoms with van der Waals surface area (Å²) in [5.41, 5.74) is 6.79. The number of carbonyl (C=O) groups is 1. The molecule has 0 aromatic heterocycles. The Kier molecular flexibility index (Phi) is 6.07. The minimum atomic E-state index is -0.887. The fourth-order valence-electron chi connectivity index (χ4n) is 2.63. The number of aliphatic carboxylic acids is 1. The van der Waals surface area contributed by atoms with E-state index in [9.17, 15) is 4.79 Å². The first kappa shape index (κ1) is 18.5. The van der Waals surface area contributed by atoms with Crippen molar-refractivity contribution in [1.29, 1.82) is 0 Å². The number of ether oxygens (including phenoxy) is 2. The fraction of sp³-hybridized carbons (Fsp3) is 0.136. The number of carboxylic acids is 1. The second-order valence-corrected chi connectivity index (χ2v) is 6.19. The Morgan fingerprint density at radius 3 is 1.70 bits per heavy atom. The van der Waals surface area contributed by atoms with Gasteiger partial charge in [-0.3, -0.25) is 4.79 Å². The zero-order valence-corrected chi connectivity index (χ0v) is 14.7. The van der Waals surface area contributed by atoms with Crippen LogP contribution in [0.2, 0.25) is 0 Å². The lowest BCUT2D eigenvalue weighted by Crippen LogP contribution is -2.26. The first-order valence-electron chi connectivity index (χ1n) is 8.65. The Morgan fingerprint density at radius 1 is 0.778 bits per heavy atom. The first-order valence-corrected chi connectivity index (χ1v) is 8.65. The summed E-state index contributed by atoms with van der Waals surface area (Å²) in [6.07, 6.45) is 0.466. The highest BCUT2D eigenvalue weighted by Crippen LogP contribution is 2.27. The standard InChI is InChI=1S/C22H21NO4/c23-17(15-22(24)25)14-16-6-8-19(9-7-16)27-21-12-10-20(11-13-21)26-18-4-2-1-3-5-18/h1-13,17H,14-15,23H2,(H,24,25)/t17-/m0/s1. The van der Waals surface area contributed by atoms with Crippen LogP contribution in [0.3, 0.4) is 0 Å². The van der Waals surface area contributed by atoms with Crippen molar-refractivity contribution in [2.45, 2.75) is 18.9 Å². The van der Waals surface area contributed by atoms with Gasteiger partial charge in [0.2, 0.25) is 0 Å². The predicted octanol–water partition coefficient (Wildman–Crippen LogP) is 4.62. The van der Waals surface area contributed by atoms with E-state index < -0.39 is 12.0 Å². The maximum Gasteiger partial charge on any atom is 0.304 e. The van der Waals surface area contributed by atoms with Crippen molar-refractivity contribution in [3.05, 3.63) is 84.4 Å². The van der Waals surface area contributed by atoms with Crippen LogP contribution < -0.4 is 15.2 Å². The highest BCUT2D eigenvalue weighted by molar-refractivity contribution is 5.67. The molecule has 0 aliphatic carbocycles. The number of nitrogens with two attached hydrogens (primary N) is 1. The summed E-state index contributed by atoms with van der Waals surface area (Å²) in [5.74, 6) is 2.02. The largest absolute Gasteiger partial charge is 0.481 e.